The average Bonchev–Trinajstić information content (AvgIpc) is 1.04. The zero-order chi connectivity index (χ0) is 93.1. The first kappa shape index (κ1) is 94.2. The summed E-state index contributed by atoms with van der Waals surface area (Å²) in [5.41, 5.74) is 11.8. The molecule has 6 aromatic carbocycles. The number of hydrogen-bond acceptors (Lipinski definition) is 22. The fourth-order valence-electron chi connectivity index (χ4n) is 20.7. The number of hydrogen-bond donors (Lipinski definition) is 1. The van der Waals surface area contributed by atoms with Crippen molar-refractivity contribution in [2.75, 3.05) is 200 Å². The minimum absolute atomic E-state index is 0.0356. The van der Waals surface area contributed by atoms with Crippen molar-refractivity contribution in [1.29, 1.82) is 0 Å². The molecule has 0 radical (unpaired) electrons. The molecule has 0 spiro atoms. The number of β-amino-alcohol motifs (C(OH)–C–C–N with tert-alkyl or cyclic N) is 1. The van der Waals surface area contributed by atoms with E-state index in [4.69, 9.17) is 70.7 Å². The number of aryl methyl sites for hydroxylation is 2. The summed E-state index contributed by atoms with van der Waals surface area (Å²) in [6.45, 7) is 48.2. The second kappa shape index (κ2) is 42.9. The minimum Gasteiger partial charge on any atom is -0.462 e. The highest BCUT2D eigenvalue weighted by Crippen LogP contribution is 2.43. The Hall–Kier alpha value is -12.0. The molecule has 3 amide bonds. The Morgan fingerprint density at radius 3 is 1.24 bits per heavy atom. The van der Waals surface area contributed by atoms with Gasteiger partial charge in [-0.3, -0.25) is 24.2 Å². The molecule has 0 unspecified atom stereocenters. The highest BCUT2D eigenvalue weighted by Gasteiger charge is 2.42. The van der Waals surface area contributed by atoms with E-state index in [0.29, 0.717) is 134 Å². The number of benzene rings is 6. The van der Waals surface area contributed by atoms with Crippen molar-refractivity contribution in [2.45, 2.75) is 133 Å². The number of likely N-dealkylation sites (tertiary alicyclic amines) is 3. The zero-order valence-corrected chi connectivity index (χ0v) is 77.4. The lowest BCUT2D eigenvalue weighted by molar-refractivity contribution is -0.131. The van der Waals surface area contributed by atoms with E-state index < -0.39 is 60.0 Å². The molecule has 9 aliphatic heterocycles. The molecule has 33 heteroatoms. The van der Waals surface area contributed by atoms with Crippen LogP contribution in [0.25, 0.3) is 46.9 Å². The van der Waals surface area contributed by atoms with Gasteiger partial charge >= 0.3 is 12.0 Å². The first-order chi connectivity index (χ1) is 64.6. The Kier molecular flexibility index (Phi) is 30.4. The average molecular weight is 1850 g/mol. The second-order valence-corrected chi connectivity index (χ2v) is 37.0. The maximum atomic E-state index is 13.8. The van der Waals surface area contributed by atoms with Crippen LogP contribution < -0.4 is 38.9 Å². The third-order valence-electron chi connectivity index (χ3n) is 27.5. The highest BCUT2D eigenvalue weighted by atomic mass is 35.5. The number of amides is 3. The van der Waals surface area contributed by atoms with Crippen LogP contribution in [0.1, 0.15) is 83.4 Å². The third kappa shape index (κ3) is 21.0. The number of fused-ring (bicyclic) bond motifs is 6. The normalized spacial score (nSPS) is 20.4. The third-order valence-corrected chi connectivity index (χ3v) is 28.8. The van der Waals surface area contributed by atoms with Crippen LogP contribution in [0.2, 0.25) is 5.02 Å². The number of aliphatic hydroxyl groups excluding tert-OH is 1. The quantitative estimate of drug-likeness (QED) is 0.0185. The number of thioether (sulfide) groups is 1. The smallest absolute Gasteiger partial charge is 0.318 e. The summed E-state index contributed by atoms with van der Waals surface area (Å²) >= 11 is 8.39. The minimum atomic E-state index is -1.03. The largest absolute Gasteiger partial charge is 0.462 e. The summed E-state index contributed by atoms with van der Waals surface area (Å²) in [4.78, 5) is 103. The summed E-state index contributed by atoms with van der Waals surface area (Å²) in [7, 11) is 2.19. The first-order valence-corrected chi connectivity index (χ1v) is 47.5. The van der Waals surface area contributed by atoms with Gasteiger partial charge in [0.2, 0.25) is 19.6 Å². The Bertz CT molecular complexity index is 5730. The second-order valence-electron chi connectivity index (χ2n) is 35.6. The number of halogens is 5. The predicted molar refractivity (Wildman–Crippen MR) is 515 cm³/mol. The lowest BCUT2D eigenvalue weighted by Gasteiger charge is -2.41. The van der Waals surface area contributed by atoms with E-state index in [1.54, 1.807) is 11.8 Å². The standard InChI is InChI=1S/C34H40FN7O3.C33H36ClF2N7O2.C33H38FN7OS/c1-23-7-4-8-25-9-5-11-30(31(23)25)40-14-12-28-29(21-40)37-34(45-22-26-10-6-13-39(26)17-18-43)38-32(28)41-15-16-42(33(44)24(2)35)27(20-41)19-36-3;1-22(36)32(44)43-17-16-42(19-25(43)18-37-2)31-26-11-14-41(29-10-4-7-23-6-3-9-27(34)30(23)29)20-28(26)38-33(39-31)45-21-24-8-5-13-40(24)15-12-35;1-22-8-5-9-24-10-6-12-29(30(22)24)39-15-13-27-28(20-39)36-33(43-21-25-11-7-14-38(25)4)37-31(27)40-16-17-41(32(42)23(2)34)26(19-40)18-35-3/h4-5,7-9,11,26-27,43H,2,6,10,12-22H2,1H3;3-4,6-7,9-10,24-25H,1,5,8,11-21H2;5-6,8-10,12,25-26H,2,7,11,13-21H2,1,4H3/t26-,27-;24-,25-;25-,26-/m000/s1. The Labute approximate surface area is 784 Å². The van der Waals surface area contributed by atoms with Gasteiger partial charge in [-0.15, -0.1) is 0 Å². The lowest BCUT2D eigenvalue weighted by Crippen LogP contribution is -2.57. The summed E-state index contributed by atoms with van der Waals surface area (Å²) in [6.07, 6.45) is 8.52. The van der Waals surface area contributed by atoms with Gasteiger partial charge in [0.1, 0.15) is 55.5 Å². The van der Waals surface area contributed by atoms with Crippen LogP contribution in [0, 0.1) is 33.6 Å². The maximum absolute atomic E-state index is 13.8. The van der Waals surface area contributed by atoms with Crippen molar-refractivity contribution in [3.05, 3.63) is 231 Å². The van der Waals surface area contributed by atoms with E-state index in [9.17, 15) is 37.1 Å². The van der Waals surface area contributed by atoms with Crippen LogP contribution in [-0.4, -0.2) is 289 Å². The highest BCUT2D eigenvalue weighted by molar-refractivity contribution is 7.99. The molecule has 27 nitrogen and oxygen atoms in total. The number of anilines is 6. The van der Waals surface area contributed by atoms with Gasteiger partial charge in [0.05, 0.1) is 48.3 Å². The molecule has 0 saturated carbocycles. The molecule has 6 atom stereocenters. The number of nitrogens with zero attached hydrogens (tertiary/aromatic N) is 21. The fourth-order valence-corrected chi connectivity index (χ4v) is 22.1. The van der Waals surface area contributed by atoms with Gasteiger partial charge in [0, 0.05) is 165 Å². The molecule has 1 N–H and O–H groups in total. The van der Waals surface area contributed by atoms with Crippen molar-refractivity contribution in [1.82, 2.24) is 59.3 Å². The lowest BCUT2D eigenvalue weighted by atomic mass is 9.99. The Morgan fingerprint density at radius 1 is 0.466 bits per heavy atom. The molecule has 9 aromatic rings. The van der Waals surface area contributed by atoms with E-state index in [2.05, 4.69) is 178 Å². The molecule has 0 aliphatic carbocycles. The van der Waals surface area contributed by atoms with Gasteiger partial charge in [0.15, 0.2) is 22.6 Å². The van der Waals surface area contributed by atoms with Crippen LogP contribution >= 0.6 is 23.4 Å². The number of ether oxygens (including phenoxy) is 2. The molecule has 0 bridgehead atoms. The molecule has 12 heterocycles. The van der Waals surface area contributed by atoms with Crippen molar-refractivity contribution in [2.24, 2.45) is 0 Å². The van der Waals surface area contributed by atoms with Gasteiger partial charge in [-0.05, 0) is 150 Å². The van der Waals surface area contributed by atoms with Gasteiger partial charge < -0.3 is 78.1 Å². The number of carbonyl (C=O) groups is 3. The van der Waals surface area contributed by atoms with Crippen LogP contribution in [-0.2, 0) is 53.3 Å². The van der Waals surface area contributed by atoms with Crippen LogP contribution in [0.5, 0.6) is 12.0 Å². The molecule has 6 saturated heterocycles. The first-order valence-electron chi connectivity index (χ1n) is 46.1. The van der Waals surface area contributed by atoms with E-state index in [1.807, 2.05) is 30.3 Å². The summed E-state index contributed by atoms with van der Waals surface area (Å²) < 4.78 is 67.2. The summed E-state index contributed by atoms with van der Waals surface area (Å²) in [5, 5.41) is 17.9. The van der Waals surface area contributed by atoms with Crippen molar-refractivity contribution in [3.8, 4) is 12.0 Å². The zero-order valence-electron chi connectivity index (χ0n) is 75.8. The van der Waals surface area contributed by atoms with Crippen molar-refractivity contribution in [3.63, 3.8) is 0 Å². The molecular formula is C100H114ClF4N21O6S. The number of alkyl halides is 1. The van der Waals surface area contributed by atoms with E-state index in [-0.39, 0.29) is 57.4 Å². The fraction of sp³-hybridized carbons (Fsp3) is 0.460. The van der Waals surface area contributed by atoms with Gasteiger partial charge in [-0.25, -0.2) is 47.2 Å². The maximum Gasteiger partial charge on any atom is 0.318 e. The SMILES string of the molecule is [C-]#[N+]C[C@H]1CN(c2nc(OC[C@@H]3CCCN3CCF)nc3c2CCN(c2cccc4cccc(Cl)c24)C3)CCN1C(=O)C(=C)F.[C-]#[N+]C[C@H]1CN(c2nc(OC[C@@H]3CCCN3CCO)nc3c2CCN(c2cccc4cccc(C)c24)C3)CCN1C(=O)C(=C)F.[C-]#[N+]C[C@H]1CN(c2nc(SC[C@@H]3CCCN3C)nc3c2CCN(c2cccc4cccc(C)c24)C3)CCN1C(=O)C(=C)F. The number of rotatable bonds is 25. The number of aromatic nitrogens is 6. The van der Waals surface area contributed by atoms with E-state index in [0.717, 1.165) is 138 Å². The molecule has 6 fully saturated rings. The Morgan fingerprint density at radius 2 is 0.842 bits per heavy atom. The summed E-state index contributed by atoms with van der Waals surface area (Å²) in [6, 6.07) is 37.6. The topological polar surface area (TPSA) is 219 Å². The van der Waals surface area contributed by atoms with Gasteiger partial charge in [0.25, 0.3) is 17.7 Å². The van der Waals surface area contributed by atoms with Gasteiger partial charge in [-0.1, -0.05) is 128 Å². The van der Waals surface area contributed by atoms with Crippen LogP contribution in [0.3, 0.4) is 0 Å². The molecule has 18 rings (SSSR count). The van der Waals surface area contributed by atoms with E-state index in [1.165, 1.54) is 71.6 Å². The van der Waals surface area contributed by atoms with Crippen LogP contribution in [0.15, 0.2) is 152 Å². The van der Waals surface area contributed by atoms with E-state index >= 15 is 0 Å². The molecule has 3 aromatic heterocycles. The molecule has 696 valence electrons. The monoisotopic (exact) mass is 1850 g/mol. The summed E-state index contributed by atoms with van der Waals surface area (Å²) in [5.74, 6) is -2.02. The number of aliphatic hydroxyl groups is 1. The van der Waals surface area contributed by atoms with Crippen LogP contribution in [0.4, 0.5) is 52.1 Å². The molecular weight excluding hydrogens is 1730 g/mol. The van der Waals surface area contributed by atoms with Crippen molar-refractivity contribution < 1.29 is 46.5 Å². The predicted octanol–water partition coefficient (Wildman–Crippen LogP) is 13.9. The van der Waals surface area contributed by atoms with Crippen molar-refractivity contribution >= 4 is 108 Å². The van der Waals surface area contributed by atoms with Gasteiger partial charge in [-0.2, -0.15) is 19.9 Å². The number of piperazine rings is 3. The Balaban J connectivity index is 0.000000145. The number of carbonyl (C=O) groups excluding carboxylic acids is 3. The molecule has 133 heavy (non-hydrogen) atoms. The molecule has 9 aliphatic rings.